The molecule has 0 aromatic heterocycles. The van der Waals surface area contributed by atoms with E-state index in [1.165, 1.54) is 12.1 Å². The number of aldehydes is 1. The molecule has 0 fully saturated rings. The quantitative estimate of drug-likeness (QED) is 0.486. The Balaban J connectivity index is 3.04. The maximum Gasteiger partial charge on any atom is 0.193 e. The number of halogens is 1. The molecule has 0 heterocycles. The van der Waals surface area contributed by atoms with E-state index in [0.29, 0.717) is 11.8 Å². The van der Waals surface area contributed by atoms with Crippen molar-refractivity contribution in [3.63, 3.8) is 0 Å². The second kappa shape index (κ2) is 3.80. The third-order valence-electron chi connectivity index (χ3n) is 1.22. The highest BCUT2D eigenvalue weighted by molar-refractivity contribution is 6.32. The molecule has 1 N–H and O–H groups in total. The predicted octanol–water partition coefficient (Wildman–Crippen LogP) is 1.60. The molecule has 0 aliphatic carbocycles. The predicted molar refractivity (Wildman–Crippen MR) is 46.1 cm³/mol. The SMILES string of the molecule is O=CC#Cc1ccc(Cl)c(O)c1. The van der Waals surface area contributed by atoms with Gasteiger partial charge in [0.25, 0.3) is 0 Å². The van der Waals surface area contributed by atoms with Crippen molar-refractivity contribution < 1.29 is 9.90 Å². The van der Waals surface area contributed by atoms with Crippen molar-refractivity contribution in [3.05, 3.63) is 28.8 Å². The highest BCUT2D eigenvalue weighted by atomic mass is 35.5. The molecule has 1 rings (SSSR count). The fourth-order valence-corrected chi connectivity index (χ4v) is 0.821. The van der Waals surface area contributed by atoms with Gasteiger partial charge >= 0.3 is 0 Å². The van der Waals surface area contributed by atoms with E-state index in [4.69, 9.17) is 16.7 Å². The Hall–Kier alpha value is -1.46. The van der Waals surface area contributed by atoms with E-state index in [0.717, 1.165) is 0 Å². The molecule has 0 aliphatic heterocycles. The van der Waals surface area contributed by atoms with Crippen molar-refractivity contribution in [1.29, 1.82) is 0 Å². The van der Waals surface area contributed by atoms with Gasteiger partial charge in [0, 0.05) is 5.56 Å². The normalized spacial score (nSPS) is 8.42. The number of phenolic OH excluding ortho intramolecular Hbond substituents is 1. The van der Waals surface area contributed by atoms with Crippen LogP contribution in [0.4, 0.5) is 0 Å². The Bertz CT molecular complexity index is 361. The van der Waals surface area contributed by atoms with Crippen LogP contribution in [0.2, 0.25) is 5.02 Å². The van der Waals surface area contributed by atoms with Gasteiger partial charge in [0.05, 0.1) is 5.02 Å². The average Bonchev–Trinajstić information content (AvgIpc) is 2.07. The van der Waals surface area contributed by atoms with Crippen molar-refractivity contribution in [2.45, 2.75) is 0 Å². The van der Waals surface area contributed by atoms with Crippen LogP contribution in [0.1, 0.15) is 5.56 Å². The van der Waals surface area contributed by atoms with Gasteiger partial charge < -0.3 is 5.11 Å². The van der Waals surface area contributed by atoms with Crippen molar-refractivity contribution in [3.8, 4) is 17.6 Å². The van der Waals surface area contributed by atoms with Crippen molar-refractivity contribution in [2.24, 2.45) is 0 Å². The van der Waals surface area contributed by atoms with E-state index in [9.17, 15) is 4.79 Å². The molecule has 0 spiro atoms. The minimum atomic E-state index is -0.0330. The maximum absolute atomic E-state index is 9.87. The summed E-state index contributed by atoms with van der Waals surface area (Å²) >= 11 is 5.55. The fourth-order valence-electron chi connectivity index (χ4n) is 0.703. The highest BCUT2D eigenvalue weighted by Crippen LogP contribution is 2.22. The standard InChI is InChI=1S/C9H5ClO2/c10-8-4-3-7(2-1-5-11)6-9(8)12/h3-6,12H. The van der Waals surface area contributed by atoms with Crippen molar-refractivity contribution >= 4 is 17.9 Å². The summed E-state index contributed by atoms with van der Waals surface area (Å²) in [6.07, 6.45) is 0.492. The Morgan fingerprint density at radius 2 is 2.25 bits per heavy atom. The van der Waals surface area contributed by atoms with Crippen LogP contribution in [-0.4, -0.2) is 11.4 Å². The molecule has 0 bridgehead atoms. The topological polar surface area (TPSA) is 37.3 Å². The summed E-state index contributed by atoms with van der Waals surface area (Å²) in [6.45, 7) is 0. The maximum atomic E-state index is 9.87. The van der Waals surface area contributed by atoms with Crippen LogP contribution in [0.15, 0.2) is 18.2 Å². The number of hydrogen-bond donors (Lipinski definition) is 1. The van der Waals surface area contributed by atoms with Gasteiger partial charge in [-0.05, 0) is 24.1 Å². The van der Waals surface area contributed by atoms with Crippen LogP contribution in [0.3, 0.4) is 0 Å². The summed E-state index contributed by atoms with van der Waals surface area (Å²) in [4.78, 5) is 9.87. The van der Waals surface area contributed by atoms with Crippen molar-refractivity contribution in [1.82, 2.24) is 0 Å². The third-order valence-corrected chi connectivity index (χ3v) is 1.54. The second-order valence-electron chi connectivity index (χ2n) is 2.05. The summed E-state index contributed by atoms with van der Waals surface area (Å²) in [5.41, 5.74) is 0.559. The van der Waals surface area contributed by atoms with Crippen LogP contribution < -0.4 is 0 Å². The Morgan fingerprint density at radius 3 is 2.83 bits per heavy atom. The minimum Gasteiger partial charge on any atom is -0.506 e. The molecule has 60 valence electrons. The van der Waals surface area contributed by atoms with E-state index >= 15 is 0 Å². The zero-order valence-electron chi connectivity index (χ0n) is 6.04. The lowest BCUT2D eigenvalue weighted by molar-refractivity contribution is -0.103. The number of phenols is 1. The molecule has 0 saturated carbocycles. The van der Waals surface area contributed by atoms with Crippen LogP contribution in [0.5, 0.6) is 5.75 Å². The number of carbonyl (C=O) groups excluding carboxylic acids is 1. The first kappa shape index (κ1) is 8.63. The summed E-state index contributed by atoms with van der Waals surface area (Å²) < 4.78 is 0. The lowest BCUT2D eigenvalue weighted by atomic mass is 10.2. The molecule has 0 aliphatic rings. The third kappa shape index (κ3) is 2.01. The first-order chi connectivity index (χ1) is 5.74. The molecule has 1 aromatic rings. The molecule has 3 heteroatoms. The number of benzene rings is 1. The average molecular weight is 181 g/mol. The first-order valence-electron chi connectivity index (χ1n) is 3.18. The molecule has 0 radical (unpaired) electrons. The molecule has 0 saturated heterocycles. The van der Waals surface area contributed by atoms with Crippen LogP contribution in [0, 0.1) is 11.8 Å². The van der Waals surface area contributed by atoms with Crippen LogP contribution in [-0.2, 0) is 4.79 Å². The Morgan fingerprint density at radius 1 is 1.50 bits per heavy atom. The lowest BCUT2D eigenvalue weighted by Gasteiger charge is -1.94. The Labute approximate surface area is 74.8 Å². The molecular formula is C9H5ClO2. The number of rotatable bonds is 0. The summed E-state index contributed by atoms with van der Waals surface area (Å²) in [5, 5.41) is 9.38. The van der Waals surface area contributed by atoms with Crippen LogP contribution in [0.25, 0.3) is 0 Å². The molecule has 1 aromatic carbocycles. The van der Waals surface area contributed by atoms with E-state index in [-0.39, 0.29) is 10.8 Å². The first-order valence-corrected chi connectivity index (χ1v) is 3.55. The smallest absolute Gasteiger partial charge is 0.193 e. The minimum absolute atomic E-state index is 0.0330. The molecule has 0 atom stereocenters. The summed E-state index contributed by atoms with van der Waals surface area (Å²) in [5.74, 6) is 4.72. The molecule has 12 heavy (non-hydrogen) atoms. The van der Waals surface area contributed by atoms with E-state index < -0.39 is 0 Å². The zero-order chi connectivity index (χ0) is 8.97. The lowest BCUT2D eigenvalue weighted by Crippen LogP contribution is -1.74. The van der Waals surface area contributed by atoms with Crippen LogP contribution >= 0.6 is 11.6 Å². The Kier molecular flexibility index (Phi) is 2.73. The summed E-state index contributed by atoms with van der Waals surface area (Å²) in [6, 6.07) is 4.54. The molecule has 2 nitrogen and oxygen atoms in total. The molecule has 0 amide bonds. The van der Waals surface area contributed by atoms with E-state index in [1.54, 1.807) is 6.07 Å². The van der Waals surface area contributed by atoms with Gasteiger partial charge in [-0.1, -0.05) is 17.5 Å². The molecular weight excluding hydrogens is 176 g/mol. The van der Waals surface area contributed by atoms with Gasteiger partial charge in [-0.15, -0.1) is 0 Å². The number of hydrogen-bond acceptors (Lipinski definition) is 2. The van der Waals surface area contributed by atoms with Gasteiger partial charge in [0.2, 0.25) is 0 Å². The van der Waals surface area contributed by atoms with Gasteiger partial charge in [-0.25, -0.2) is 0 Å². The number of aromatic hydroxyl groups is 1. The second-order valence-corrected chi connectivity index (χ2v) is 2.46. The van der Waals surface area contributed by atoms with Crippen molar-refractivity contribution in [2.75, 3.05) is 0 Å². The van der Waals surface area contributed by atoms with E-state index in [1.807, 2.05) is 0 Å². The van der Waals surface area contributed by atoms with Gasteiger partial charge in [0.15, 0.2) is 6.29 Å². The monoisotopic (exact) mass is 180 g/mol. The van der Waals surface area contributed by atoms with Gasteiger partial charge in [-0.2, -0.15) is 0 Å². The summed E-state index contributed by atoms with van der Waals surface area (Å²) in [7, 11) is 0. The number of carbonyl (C=O) groups is 1. The molecule has 0 unspecified atom stereocenters. The largest absolute Gasteiger partial charge is 0.506 e. The van der Waals surface area contributed by atoms with E-state index in [2.05, 4.69) is 11.8 Å². The highest BCUT2D eigenvalue weighted by Gasteiger charge is 1.96. The van der Waals surface area contributed by atoms with Gasteiger partial charge in [0.1, 0.15) is 5.75 Å². The van der Waals surface area contributed by atoms with Gasteiger partial charge in [-0.3, -0.25) is 4.79 Å². The zero-order valence-corrected chi connectivity index (χ0v) is 6.80. The fraction of sp³-hybridized carbons (Fsp3) is 0.